The Morgan fingerprint density at radius 2 is 1.75 bits per heavy atom. The smallest absolute Gasteiger partial charge is 0.160 e. The van der Waals surface area contributed by atoms with Crippen LogP contribution in [0.25, 0.3) is 0 Å². The van der Waals surface area contributed by atoms with Crippen LogP contribution in [0.2, 0.25) is 0 Å². The third-order valence-corrected chi connectivity index (χ3v) is 4.08. The van der Waals surface area contributed by atoms with Crippen molar-refractivity contribution in [1.82, 2.24) is 4.90 Å². The van der Waals surface area contributed by atoms with Gasteiger partial charge in [-0.1, -0.05) is 6.07 Å². The summed E-state index contributed by atoms with van der Waals surface area (Å²) in [6, 6.07) is 5.68. The summed E-state index contributed by atoms with van der Waals surface area (Å²) in [6.45, 7) is 3.80. The number of hydrogen-bond donors (Lipinski definition) is 1. The molecule has 0 spiro atoms. The van der Waals surface area contributed by atoms with Gasteiger partial charge in [0.15, 0.2) is 11.5 Å². The van der Waals surface area contributed by atoms with Crippen LogP contribution in [0.3, 0.4) is 0 Å². The van der Waals surface area contributed by atoms with Gasteiger partial charge in [0, 0.05) is 33.4 Å². The first-order valence-corrected chi connectivity index (χ1v) is 6.77. The lowest BCUT2D eigenvalue weighted by molar-refractivity contribution is -0.00461. The molecule has 1 saturated heterocycles. The number of hydrogen-bond acceptors (Lipinski definition) is 5. The van der Waals surface area contributed by atoms with Crippen LogP contribution in [-0.2, 0) is 9.47 Å². The zero-order valence-electron chi connectivity index (χ0n) is 12.5. The topological polar surface area (TPSA) is 51.2 Å². The highest BCUT2D eigenvalue weighted by atomic mass is 16.5. The SMILES string of the molecule is COc1cc(C(C)N2CC(OC)C(OC)C2)ccc1O. The molecule has 3 atom stereocenters. The summed E-state index contributed by atoms with van der Waals surface area (Å²) >= 11 is 0. The molecule has 5 heteroatoms. The molecule has 0 aliphatic carbocycles. The molecule has 3 unspecified atom stereocenters. The number of aromatic hydroxyl groups is 1. The number of rotatable bonds is 5. The average Bonchev–Trinajstić information content (AvgIpc) is 2.90. The third-order valence-electron chi connectivity index (χ3n) is 4.08. The zero-order valence-corrected chi connectivity index (χ0v) is 12.5. The summed E-state index contributed by atoms with van der Waals surface area (Å²) in [5, 5.41) is 9.66. The number of benzene rings is 1. The van der Waals surface area contributed by atoms with Crippen molar-refractivity contribution >= 4 is 0 Å². The predicted octanol–water partition coefficient (Wildman–Crippen LogP) is 1.81. The van der Waals surface area contributed by atoms with Crippen LogP contribution in [0, 0.1) is 0 Å². The van der Waals surface area contributed by atoms with Crippen LogP contribution >= 0.6 is 0 Å². The van der Waals surface area contributed by atoms with Crippen LogP contribution in [0.1, 0.15) is 18.5 Å². The maximum Gasteiger partial charge on any atom is 0.160 e. The fourth-order valence-corrected chi connectivity index (χ4v) is 2.71. The third kappa shape index (κ3) is 2.90. The van der Waals surface area contributed by atoms with Gasteiger partial charge < -0.3 is 19.3 Å². The molecule has 2 rings (SSSR count). The number of nitrogens with zero attached hydrogens (tertiary/aromatic N) is 1. The molecule has 0 bridgehead atoms. The van der Waals surface area contributed by atoms with Gasteiger partial charge in [-0.05, 0) is 24.6 Å². The summed E-state index contributed by atoms with van der Waals surface area (Å²) in [4.78, 5) is 2.31. The second-order valence-corrected chi connectivity index (χ2v) is 5.11. The molecule has 1 N–H and O–H groups in total. The van der Waals surface area contributed by atoms with Crippen LogP contribution in [0.15, 0.2) is 18.2 Å². The minimum absolute atomic E-state index is 0.0986. The summed E-state index contributed by atoms with van der Waals surface area (Å²) in [6.07, 6.45) is 0.197. The molecule has 0 radical (unpaired) electrons. The number of likely N-dealkylation sites (tertiary alicyclic amines) is 1. The summed E-state index contributed by atoms with van der Waals surface area (Å²) in [7, 11) is 4.99. The molecular weight excluding hydrogens is 258 g/mol. The number of phenols is 1. The molecule has 0 amide bonds. The quantitative estimate of drug-likeness (QED) is 0.892. The minimum Gasteiger partial charge on any atom is -0.504 e. The van der Waals surface area contributed by atoms with E-state index >= 15 is 0 Å². The van der Waals surface area contributed by atoms with Crippen molar-refractivity contribution in [2.45, 2.75) is 25.2 Å². The van der Waals surface area contributed by atoms with Gasteiger partial charge >= 0.3 is 0 Å². The Kier molecular flexibility index (Phi) is 4.86. The maximum atomic E-state index is 9.66. The monoisotopic (exact) mass is 281 g/mol. The predicted molar refractivity (Wildman–Crippen MR) is 76.2 cm³/mol. The highest BCUT2D eigenvalue weighted by molar-refractivity contribution is 5.42. The Bertz CT molecular complexity index is 439. The van der Waals surface area contributed by atoms with E-state index in [0.717, 1.165) is 18.7 Å². The molecule has 1 aliphatic heterocycles. The van der Waals surface area contributed by atoms with Gasteiger partial charge in [0.1, 0.15) is 0 Å². The first-order chi connectivity index (χ1) is 9.60. The van der Waals surface area contributed by atoms with Gasteiger partial charge in [0.05, 0.1) is 19.3 Å². The Labute approximate surface area is 120 Å². The Balaban J connectivity index is 2.13. The van der Waals surface area contributed by atoms with Gasteiger partial charge in [-0.2, -0.15) is 0 Å². The van der Waals surface area contributed by atoms with Gasteiger partial charge in [0.25, 0.3) is 0 Å². The zero-order chi connectivity index (χ0) is 14.7. The average molecular weight is 281 g/mol. The fourth-order valence-electron chi connectivity index (χ4n) is 2.71. The van der Waals surface area contributed by atoms with Crippen molar-refractivity contribution < 1.29 is 19.3 Å². The summed E-state index contributed by atoms with van der Waals surface area (Å²) < 4.78 is 16.1. The first kappa shape index (κ1) is 15.1. The van der Waals surface area contributed by atoms with Crippen LogP contribution < -0.4 is 4.74 Å². The van der Waals surface area contributed by atoms with E-state index in [1.54, 1.807) is 27.4 Å². The van der Waals surface area contributed by atoms with E-state index in [9.17, 15) is 5.11 Å². The van der Waals surface area contributed by atoms with Gasteiger partial charge in [-0.25, -0.2) is 0 Å². The van der Waals surface area contributed by atoms with E-state index < -0.39 is 0 Å². The summed E-state index contributed by atoms with van der Waals surface area (Å²) in [5.74, 6) is 0.662. The lowest BCUT2D eigenvalue weighted by Crippen LogP contribution is -2.27. The van der Waals surface area contributed by atoms with Crippen molar-refractivity contribution in [3.63, 3.8) is 0 Å². The summed E-state index contributed by atoms with van der Waals surface area (Å²) in [5.41, 5.74) is 1.10. The van der Waals surface area contributed by atoms with E-state index in [4.69, 9.17) is 14.2 Å². The van der Waals surface area contributed by atoms with Crippen LogP contribution in [0.5, 0.6) is 11.5 Å². The minimum atomic E-state index is 0.0986. The lowest BCUT2D eigenvalue weighted by atomic mass is 10.1. The van der Waals surface area contributed by atoms with E-state index in [1.165, 1.54) is 0 Å². The van der Waals surface area contributed by atoms with Crippen molar-refractivity contribution in [1.29, 1.82) is 0 Å². The first-order valence-electron chi connectivity index (χ1n) is 6.77. The molecule has 0 aromatic heterocycles. The molecule has 1 heterocycles. The standard InChI is InChI=1S/C15H23NO4/c1-10(11-5-6-12(17)13(7-11)18-2)16-8-14(19-3)15(9-16)20-4/h5-7,10,14-15,17H,8-9H2,1-4H3. The molecule has 1 aromatic rings. The fraction of sp³-hybridized carbons (Fsp3) is 0.600. The van der Waals surface area contributed by atoms with Crippen molar-refractivity contribution in [2.24, 2.45) is 0 Å². The number of phenolic OH excluding ortho intramolecular Hbond substituents is 1. The molecule has 5 nitrogen and oxygen atoms in total. The Morgan fingerprint density at radius 1 is 1.15 bits per heavy atom. The molecule has 1 aliphatic rings. The van der Waals surface area contributed by atoms with E-state index in [-0.39, 0.29) is 24.0 Å². The largest absolute Gasteiger partial charge is 0.504 e. The maximum absolute atomic E-state index is 9.66. The highest BCUT2D eigenvalue weighted by Gasteiger charge is 2.35. The molecule has 1 aromatic carbocycles. The van der Waals surface area contributed by atoms with E-state index in [2.05, 4.69) is 11.8 Å². The van der Waals surface area contributed by atoms with Crippen molar-refractivity contribution in [3.05, 3.63) is 23.8 Å². The Hall–Kier alpha value is -1.30. The van der Waals surface area contributed by atoms with E-state index in [0.29, 0.717) is 5.75 Å². The number of methoxy groups -OCH3 is 3. The van der Waals surface area contributed by atoms with Crippen molar-refractivity contribution in [2.75, 3.05) is 34.4 Å². The number of ether oxygens (including phenoxy) is 3. The lowest BCUT2D eigenvalue weighted by Gasteiger charge is -2.24. The van der Waals surface area contributed by atoms with Gasteiger partial charge in [0.2, 0.25) is 0 Å². The highest BCUT2D eigenvalue weighted by Crippen LogP contribution is 2.32. The molecule has 0 saturated carbocycles. The Morgan fingerprint density at radius 3 is 2.25 bits per heavy atom. The van der Waals surface area contributed by atoms with Gasteiger partial charge in [-0.15, -0.1) is 0 Å². The van der Waals surface area contributed by atoms with Gasteiger partial charge in [-0.3, -0.25) is 4.90 Å². The van der Waals surface area contributed by atoms with Crippen molar-refractivity contribution in [3.8, 4) is 11.5 Å². The second-order valence-electron chi connectivity index (χ2n) is 5.11. The molecule has 112 valence electrons. The second kappa shape index (κ2) is 6.43. The van der Waals surface area contributed by atoms with Crippen LogP contribution in [0.4, 0.5) is 0 Å². The van der Waals surface area contributed by atoms with Crippen LogP contribution in [-0.4, -0.2) is 56.6 Å². The van der Waals surface area contributed by atoms with E-state index in [1.807, 2.05) is 12.1 Å². The molecule has 20 heavy (non-hydrogen) atoms. The normalized spacial score (nSPS) is 24.8. The molecular formula is C15H23NO4. The molecule has 1 fully saturated rings.